The minimum atomic E-state index is -0.0861. The quantitative estimate of drug-likeness (QED) is 0.694. The summed E-state index contributed by atoms with van der Waals surface area (Å²) in [6.45, 7) is 1.85. The summed E-state index contributed by atoms with van der Waals surface area (Å²) in [5, 5.41) is 2.76. The molecule has 1 rings (SSSR count). The van der Waals surface area contributed by atoms with Gasteiger partial charge in [0.1, 0.15) is 6.61 Å². The van der Waals surface area contributed by atoms with Crippen molar-refractivity contribution in [3.05, 3.63) is 35.9 Å². The van der Waals surface area contributed by atoms with Crippen molar-refractivity contribution in [1.82, 2.24) is 5.32 Å². The molecule has 1 amide bonds. The van der Waals surface area contributed by atoms with Crippen molar-refractivity contribution in [3.8, 4) is 0 Å². The topological polar surface area (TPSA) is 47.6 Å². The molecule has 1 aromatic rings. The van der Waals surface area contributed by atoms with Crippen LogP contribution in [0, 0.1) is 0 Å². The molecule has 17 heavy (non-hydrogen) atoms. The Hall–Kier alpha value is -1.39. The van der Waals surface area contributed by atoms with Crippen LogP contribution in [-0.2, 0) is 20.9 Å². The molecule has 0 aliphatic rings. The number of nitrogens with one attached hydrogen (secondary N) is 1. The van der Waals surface area contributed by atoms with Crippen LogP contribution in [0.5, 0.6) is 0 Å². The lowest BCUT2D eigenvalue weighted by molar-refractivity contribution is -0.126. The van der Waals surface area contributed by atoms with E-state index in [1.54, 1.807) is 7.11 Å². The van der Waals surface area contributed by atoms with Crippen molar-refractivity contribution in [2.45, 2.75) is 13.0 Å². The van der Waals surface area contributed by atoms with Gasteiger partial charge in [-0.25, -0.2) is 0 Å². The van der Waals surface area contributed by atoms with Gasteiger partial charge in [0.15, 0.2) is 0 Å². The predicted molar refractivity (Wildman–Crippen MR) is 65.6 cm³/mol. The molecule has 0 saturated carbocycles. The van der Waals surface area contributed by atoms with Crippen LogP contribution in [0.15, 0.2) is 30.3 Å². The second-order valence-electron chi connectivity index (χ2n) is 3.67. The molecule has 0 fully saturated rings. The zero-order valence-electron chi connectivity index (χ0n) is 10.1. The standard InChI is InChI=1S/C13H19NO3/c1-16-9-5-8-14-13(15)11-17-10-12-6-3-2-4-7-12/h2-4,6-7H,5,8-11H2,1H3,(H,14,15). The van der Waals surface area contributed by atoms with E-state index in [1.807, 2.05) is 30.3 Å². The van der Waals surface area contributed by atoms with Gasteiger partial charge in [0.25, 0.3) is 0 Å². The van der Waals surface area contributed by atoms with Crippen LogP contribution >= 0.6 is 0 Å². The van der Waals surface area contributed by atoms with Gasteiger partial charge < -0.3 is 14.8 Å². The third kappa shape index (κ3) is 6.71. The van der Waals surface area contributed by atoms with Crippen LogP contribution in [0.2, 0.25) is 0 Å². The van der Waals surface area contributed by atoms with Gasteiger partial charge in [-0.3, -0.25) is 4.79 Å². The Bertz CT molecular complexity index is 314. The number of amides is 1. The zero-order valence-corrected chi connectivity index (χ0v) is 10.1. The molecule has 0 spiro atoms. The van der Waals surface area contributed by atoms with Crippen LogP contribution < -0.4 is 5.32 Å². The molecule has 0 heterocycles. The van der Waals surface area contributed by atoms with E-state index >= 15 is 0 Å². The fourth-order valence-corrected chi connectivity index (χ4v) is 1.33. The Labute approximate surface area is 102 Å². The van der Waals surface area contributed by atoms with Crippen molar-refractivity contribution in [2.24, 2.45) is 0 Å². The fraction of sp³-hybridized carbons (Fsp3) is 0.462. The number of rotatable bonds is 8. The van der Waals surface area contributed by atoms with E-state index in [4.69, 9.17) is 9.47 Å². The van der Waals surface area contributed by atoms with E-state index in [2.05, 4.69) is 5.32 Å². The number of methoxy groups -OCH3 is 1. The SMILES string of the molecule is COCCCNC(=O)COCc1ccccc1. The smallest absolute Gasteiger partial charge is 0.246 e. The summed E-state index contributed by atoms with van der Waals surface area (Å²) in [5.74, 6) is -0.0861. The molecular formula is C13H19NO3. The summed E-state index contributed by atoms with van der Waals surface area (Å²) >= 11 is 0. The van der Waals surface area contributed by atoms with Gasteiger partial charge >= 0.3 is 0 Å². The fourth-order valence-electron chi connectivity index (χ4n) is 1.33. The molecule has 4 nitrogen and oxygen atoms in total. The first-order chi connectivity index (χ1) is 8.33. The third-order valence-electron chi connectivity index (χ3n) is 2.19. The highest BCUT2D eigenvalue weighted by atomic mass is 16.5. The first-order valence-electron chi connectivity index (χ1n) is 5.70. The number of carbonyl (C=O) groups is 1. The second kappa shape index (κ2) is 8.73. The van der Waals surface area contributed by atoms with Crippen LogP contribution in [0.3, 0.4) is 0 Å². The highest BCUT2D eigenvalue weighted by Crippen LogP contribution is 1.99. The summed E-state index contributed by atoms with van der Waals surface area (Å²) in [4.78, 5) is 11.3. The molecule has 1 aromatic carbocycles. The summed E-state index contributed by atoms with van der Waals surface area (Å²) in [6, 6.07) is 9.78. The predicted octanol–water partition coefficient (Wildman–Crippen LogP) is 1.36. The minimum absolute atomic E-state index is 0.0861. The lowest BCUT2D eigenvalue weighted by Gasteiger charge is -2.06. The Morgan fingerprint density at radius 1 is 1.29 bits per heavy atom. The monoisotopic (exact) mass is 237 g/mol. The van der Waals surface area contributed by atoms with Gasteiger partial charge in [0, 0.05) is 20.3 Å². The first-order valence-corrected chi connectivity index (χ1v) is 5.70. The van der Waals surface area contributed by atoms with Crippen molar-refractivity contribution >= 4 is 5.91 Å². The molecule has 94 valence electrons. The molecule has 4 heteroatoms. The summed E-state index contributed by atoms with van der Waals surface area (Å²) in [5.41, 5.74) is 1.07. The van der Waals surface area contributed by atoms with Gasteiger partial charge in [-0.05, 0) is 12.0 Å². The van der Waals surface area contributed by atoms with Gasteiger partial charge in [-0.15, -0.1) is 0 Å². The third-order valence-corrected chi connectivity index (χ3v) is 2.19. The average molecular weight is 237 g/mol. The van der Waals surface area contributed by atoms with E-state index < -0.39 is 0 Å². The van der Waals surface area contributed by atoms with Crippen LogP contribution in [0.25, 0.3) is 0 Å². The lowest BCUT2D eigenvalue weighted by atomic mass is 10.2. The Kier molecular flexibility index (Phi) is 7.02. The van der Waals surface area contributed by atoms with E-state index in [-0.39, 0.29) is 12.5 Å². The van der Waals surface area contributed by atoms with Gasteiger partial charge in [-0.2, -0.15) is 0 Å². The molecular weight excluding hydrogens is 218 g/mol. The van der Waals surface area contributed by atoms with E-state index in [9.17, 15) is 4.79 Å². The Morgan fingerprint density at radius 3 is 2.76 bits per heavy atom. The number of hydrogen-bond acceptors (Lipinski definition) is 3. The van der Waals surface area contributed by atoms with Crippen LogP contribution in [0.4, 0.5) is 0 Å². The summed E-state index contributed by atoms with van der Waals surface area (Å²) in [7, 11) is 1.64. The van der Waals surface area contributed by atoms with E-state index in [0.717, 1.165) is 12.0 Å². The van der Waals surface area contributed by atoms with E-state index in [1.165, 1.54) is 0 Å². The molecule has 0 atom stereocenters. The second-order valence-corrected chi connectivity index (χ2v) is 3.67. The van der Waals surface area contributed by atoms with Crippen molar-refractivity contribution in [1.29, 1.82) is 0 Å². The first kappa shape index (κ1) is 13.7. The van der Waals surface area contributed by atoms with Crippen molar-refractivity contribution in [3.63, 3.8) is 0 Å². The highest BCUT2D eigenvalue weighted by Gasteiger charge is 2.00. The molecule has 0 radical (unpaired) electrons. The van der Waals surface area contributed by atoms with Gasteiger partial charge in [0.05, 0.1) is 6.61 Å². The maximum absolute atomic E-state index is 11.3. The molecule has 0 aliphatic carbocycles. The normalized spacial score (nSPS) is 10.2. The lowest BCUT2D eigenvalue weighted by Crippen LogP contribution is -2.28. The Balaban J connectivity index is 2.04. The van der Waals surface area contributed by atoms with Gasteiger partial charge in [0.2, 0.25) is 5.91 Å². The number of carbonyl (C=O) groups excluding carboxylic acids is 1. The van der Waals surface area contributed by atoms with E-state index in [0.29, 0.717) is 19.8 Å². The molecule has 1 N–H and O–H groups in total. The summed E-state index contributed by atoms with van der Waals surface area (Å²) < 4.78 is 10.2. The van der Waals surface area contributed by atoms with Crippen LogP contribution in [0.1, 0.15) is 12.0 Å². The maximum atomic E-state index is 11.3. The highest BCUT2D eigenvalue weighted by molar-refractivity contribution is 5.77. The maximum Gasteiger partial charge on any atom is 0.246 e. The van der Waals surface area contributed by atoms with Crippen LogP contribution in [-0.4, -0.2) is 32.8 Å². The number of benzene rings is 1. The number of hydrogen-bond donors (Lipinski definition) is 1. The summed E-state index contributed by atoms with van der Waals surface area (Å²) in [6.07, 6.45) is 0.820. The minimum Gasteiger partial charge on any atom is -0.385 e. The average Bonchev–Trinajstić information content (AvgIpc) is 2.36. The van der Waals surface area contributed by atoms with Gasteiger partial charge in [-0.1, -0.05) is 30.3 Å². The molecule has 0 bridgehead atoms. The molecule has 0 unspecified atom stereocenters. The molecule has 0 aromatic heterocycles. The molecule has 0 saturated heterocycles. The van der Waals surface area contributed by atoms with Crippen molar-refractivity contribution in [2.75, 3.05) is 26.9 Å². The molecule has 0 aliphatic heterocycles. The number of ether oxygens (including phenoxy) is 2. The zero-order chi connectivity index (χ0) is 12.3. The Morgan fingerprint density at radius 2 is 2.06 bits per heavy atom. The van der Waals surface area contributed by atoms with Crippen molar-refractivity contribution < 1.29 is 14.3 Å². The largest absolute Gasteiger partial charge is 0.385 e.